The summed E-state index contributed by atoms with van der Waals surface area (Å²) in [5, 5.41) is 6.12. The summed E-state index contributed by atoms with van der Waals surface area (Å²) in [5.41, 5.74) is 0.106. The van der Waals surface area contributed by atoms with Crippen LogP contribution in [-0.2, 0) is 15.1 Å². The van der Waals surface area contributed by atoms with Gasteiger partial charge in [-0.05, 0) is 47.7 Å². The average molecular weight is 446 g/mol. The van der Waals surface area contributed by atoms with Crippen molar-refractivity contribution in [2.75, 3.05) is 6.54 Å². The first-order valence-electron chi connectivity index (χ1n) is 10.1. The molecule has 1 heterocycles. The molecule has 1 aliphatic heterocycles. The SMILES string of the molecule is CCC1(c2ccc(Cl)cc2)NC(=O)N(CC(=O)NC(c2ccc(F)cc2)C(C)C)C1=O. The highest BCUT2D eigenvalue weighted by molar-refractivity contribution is 6.30. The number of urea groups is 1. The molecule has 1 saturated heterocycles. The molecule has 2 aromatic rings. The van der Waals surface area contributed by atoms with E-state index < -0.39 is 29.9 Å². The fourth-order valence-corrected chi connectivity index (χ4v) is 3.94. The van der Waals surface area contributed by atoms with Crippen LogP contribution in [0.3, 0.4) is 0 Å². The van der Waals surface area contributed by atoms with E-state index in [1.54, 1.807) is 43.3 Å². The molecule has 2 N–H and O–H groups in total. The first-order valence-corrected chi connectivity index (χ1v) is 10.5. The third-order valence-electron chi connectivity index (χ3n) is 5.56. The van der Waals surface area contributed by atoms with Crippen LogP contribution in [-0.4, -0.2) is 29.3 Å². The predicted molar refractivity (Wildman–Crippen MR) is 116 cm³/mol. The van der Waals surface area contributed by atoms with Crippen molar-refractivity contribution in [3.05, 3.63) is 70.5 Å². The highest BCUT2D eigenvalue weighted by Gasteiger charge is 2.51. The minimum Gasteiger partial charge on any atom is -0.347 e. The number of rotatable bonds is 7. The molecule has 0 bridgehead atoms. The van der Waals surface area contributed by atoms with Gasteiger partial charge < -0.3 is 10.6 Å². The molecule has 0 radical (unpaired) electrons. The van der Waals surface area contributed by atoms with Crippen LogP contribution in [0.15, 0.2) is 48.5 Å². The standard InChI is InChI=1S/C23H25ClFN3O3/c1-4-23(16-7-9-17(24)10-8-16)21(30)28(22(31)27-23)13-19(29)26-20(14(2)3)15-5-11-18(25)12-6-15/h5-12,14,20H,4,13H2,1-3H3,(H,26,29)(H,27,31). The van der Waals surface area contributed by atoms with E-state index in [4.69, 9.17) is 11.6 Å². The average Bonchev–Trinajstić information content (AvgIpc) is 2.98. The molecular weight excluding hydrogens is 421 g/mol. The van der Waals surface area contributed by atoms with E-state index in [1.807, 2.05) is 13.8 Å². The van der Waals surface area contributed by atoms with E-state index in [0.717, 1.165) is 10.5 Å². The maximum absolute atomic E-state index is 13.3. The molecule has 1 aliphatic rings. The Hall–Kier alpha value is -2.93. The number of carbonyl (C=O) groups excluding carboxylic acids is 3. The Balaban J connectivity index is 1.77. The fraction of sp³-hybridized carbons (Fsp3) is 0.348. The Morgan fingerprint density at radius 3 is 2.29 bits per heavy atom. The maximum atomic E-state index is 13.3. The molecule has 31 heavy (non-hydrogen) atoms. The van der Waals surface area contributed by atoms with Crippen LogP contribution in [0.4, 0.5) is 9.18 Å². The predicted octanol–water partition coefficient (Wildman–Crippen LogP) is 4.15. The van der Waals surface area contributed by atoms with Gasteiger partial charge in [0.15, 0.2) is 0 Å². The first-order chi connectivity index (χ1) is 14.7. The summed E-state index contributed by atoms with van der Waals surface area (Å²) < 4.78 is 13.3. The molecule has 164 valence electrons. The molecule has 2 unspecified atom stereocenters. The van der Waals surface area contributed by atoms with E-state index in [0.29, 0.717) is 17.0 Å². The number of imide groups is 1. The van der Waals surface area contributed by atoms with Crippen LogP contribution in [0.1, 0.15) is 44.4 Å². The molecule has 4 amide bonds. The molecule has 2 aromatic carbocycles. The topological polar surface area (TPSA) is 78.5 Å². The van der Waals surface area contributed by atoms with Gasteiger partial charge in [0.25, 0.3) is 5.91 Å². The Kier molecular flexibility index (Phi) is 6.65. The molecule has 0 aliphatic carbocycles. The van der Waals surface area contributed by atoms with E-state index in [1.165, 1.54) is 12.1 Å². The van der Waals surface area contributed by atoms with Crippen LogP contribution < -0.4 is 10.6 Å². The van der Waals surface area contributed by atoms with Gasteiger partial charge in [0.1, 0.15) is 17.9 Å². The van der Waals surface area contributed by atoms with Crippen molar-refractivity contribution in [3.8, 4) is 0 Å². The molecule has 6 nitrogen and oxygen atoms in total. The number of hydrogen-bond acceptors (Lipinski definition) is 3. The lowest BCUT2D eigenvalue weighted by atomic mass is 9.87. The summed E-state index contributed by atoms with van der Waals surface area (Å²) in [6.45, 7) is 5.22. The van der Waals surface area contributed by atoms with Gasteiger partial charge >= 0.3 is 6.03 Å². The molecule has 0 saturated carbocycles. The lowest BCUT2D eigenvalue weighted by Gasteiger charge is -2.26. The zero-order valence-corrected chi connectivity index (χ0v) is 18.4. The van der Waals surface area contributed by atoms with Gasteiger partial charge in [0, 0.05) is 5.02 Å². The van der Waals surface area contributed by atoms with Gasteiger partial charge in [-0.2, -0.15) is 0 Å². The second kappa shape index (κ2) is 9.06. The van der Waals surface area contributed by atoms with Crippen molar-refractivity contribution < 1.29 is 18.8 Å². The van der Waals surface area contributed by atoms with Gasteiger partial charge in [0.2, 0.25) is 5.91 Å². The number of nitrogens with one attached hydrogen (secondary N) is 2. The molecule has 1 fully saturated rings. The lowest BCUT2D eigenvalue weighted by molar-refractivity contribution is -0.135. The van der Waals surface area contributed by atoms with Crippen LogP contribution >= 0.6 is 11.6 Å². The fourth-order valence-electron chi connectivity index (χ4n) is 3.81. The van der Waals surface area contributed by atoms with Crippen LogP contribution in [0.2, 0.25) is 5.02 Å². The number of halogens is 2. The van der Waals surface area contributed by atoms with Crippen molar-refractivity contribution >= 4 is 29.4 Å². The molecule has 0 spiro atoms. The summed E-state index contributed by atoms with van der Waals surface area (Å²) in [6.07, 6.45) is 0.321. The first kappa shape index (κ1) is 22.7. The normalized spacial score (nSPS) is 19.5. The van der Waals surface area contributed by atoms with E-state index in [9.17, 15) is 18.8 Å². The van der Waals surface area contributed by atoms with Crippen molar-refractivity contribution in [1.82, 2.24) is 15.5 Å². The van der Waals surface area contributed by atoms with Crippen LogP contribution in [0.5, 0.6) is 0 Å². The number of hydrogen-bond donors (Lipinski definition) is 2. The minimum atomic E-state index is -1.24. The lowest BCUT2D eigenvalue weighted by Crippen LogP contribution is -2.45. The number of amides is 4. The van der Waals surface area contributed by atoms with Gasteiger partial charge in [-0.3, -0.25) is 14.5 Å². The Bertz CT molecular complexity index is 979. The molecule has 3 rings (SSSR count). The van der Waals surface area contributed by atoms with Crippen LogP contribution in [0, 0.1) is 11.7 Å². The zero-order valence-electron chi connectivity index (χ0n) is 17.6. The van der Waals surface area contributed by atoms with E-state index >= 15 is 0 Å². The summed E-state index contributed by atoms with van der Waals surface area (Å²) in [6, 6.07) is 11.5. The number of nitrogens with zero attached hydrogens (tertiary/aromatic N) is 1. The molecule has 2 atom stereocenters. The number of carbonyl (C=O) groups is 3. The summed E-state index contributed by atoms with van der Waals surface area (Å²) >= 11 is 5.95. The Morgan fingerprint density at radius 1 is 1.13 bits per heavy atom. The number of benzene rings is 2. The maximum Gasteiger partial charge on any atom is 0.325 e. The summed E-state index contributed by atoms with van der Waals surface area (Å²) in [4.78, 5) is 39.5. The quantitative estimate of drug-likeness (QED) is 0.628. The van der Waals surface area contributed by atoms with Gasteiger partial charge in [0.05, 0.1) is 6.04 Å². The molecule has 8 heteroatoms. The van der Waals surface area contributed by atoms with Gasteiger partial charge in [-0.25, -0.2) is 9.18 Å². The Labute approximate surface area is 185 Å². The van der Waals surface area contributed by atoms with E-state index in [-0.39, 0.29) is 17.8 Å². The molecule has 0 aromatic heterocycles. The Morgan fingerprint density at radius 2 is 1.74 bits per heavy atom. The van der Waals surface area contributed by atoms with Crippen LogP contribution in [0.25, 0.3) is 0 Å². The van der Waals surface area contributed by atoms with Crippen molar-refractivity contribution in [3.63, 3.8) is 0 Å². The van der Waals surface area contributed by atoms with Gasteiger partial charge in [-0.15, -0.1) is 0 Å². The minimum absolute atomic E-state index is 0.0151. The van der Waals surface area contributed by atoms with Crippen molar-refractivity contribution in [2.24, 2.45) is 5.92 Å². The second-order valence-corrected chi connectivity index (χ2v) is 8.36. The third-order valence-corrected chi connectivity index (χ3v) is 5.81. The highest BCUT2D eigenvalue weighted by Crippen LogP contribution is 2.33. The summed E-state index contributed by atoms with van der Waals surface area (Å²) in [7, 11) is 0. The zero-order chi connectivity index (χ0) is 22.8. The molecular formula is C23H25ClFN3O3. The van der Waals surface area contributed by atoms with E-state index in [2.05, 4.69) is 10.6 Å². The van der Waals surface area contributed by atoms with Crippen molar-refractivity contribution in [2.45, 2.75) is 38.8 Å². The summed E-state index contributed by atoms with van der Waals surface area (Å²) in [5.74, 6) is -1.31. The van der Waals surface area contributed by atoms with Crippen molar-refractivity contribution in [1.29, 1.82) is 0 Å². The van der Waals surface area contributed by atoms with Gasteiger partial charge in [-0.1, -0.05) is 56.6 Å². The highest BCUT2D eigenvalue weighted by atomic mass is 35.5. The smallest absolute Gasteiger partial charge is 0.325 e. The monoisotopic (exact) mass is 445 g/mol. The third kappa shape index (κ3) is 4.56. The second-order valence-electron chi connectivity index (χ2n) is 7.93. The largest absolute Gasteiger partial charge is 0.347 e.